The van der Waals surface area contributed by atoms with E-state index < -0.39 is 0 Å². The van der Waals surface area contributed by atoms with Crippen LogP contribution in [0.2, 0.25) is 0 Å². The molecule has 0 aliphatic carbocycles. The number of nitrogens with zero attached hydrogens (tertiary/aromatic N) is 1. The van der Waals surface area contributed by atoms with Crippen LogP contribution in [0, 0.1) is 10.8 Å². The molecule has 18 heavy (non-hydrogen) atoms. The Morgan fingerprint density at radius 1 is 1.33 bits per heavy atom. The van der Waals surface area contributed by atoms with Gasteiger partial charge in [0.15, 0.2) is 0 Å². The second kappa shape index (κ2) is 4.98. The lowest BCUT2D eigenvalue weighted by atomic mass is 9.79. The third-order valence-electron chi connectivity index (χ3n) is 3.95. The van der Waals surface area contributed by atoms with Crippen molar-refractivity contribution in [3.8, 4) is 5.75 Å². The van der Waals surface area contributed by atoms with Gasteiger partial charge in [-0.05, 0) is 43.6 Å². The zero-order valence-electron chi connectivity index (χ0n) is 10.8. The van der Waals surface area contributed by atoms with Gasteiger partial charge in [-0.3, -0.25) is 10.3 Å². The van der Waals surface area contributed by atoms with Crippen LogP contribution in [0.4, 0.5) is 0 Å². The molecule has 1 aliphatic heterocycles. The summed E-state index contributed by atoms with van der Waals surface area (Å²) in [5.74, 6) is 0.619. The van der Waals surface area contributed by atoms with Crippen LogP contribution >= 0.6 is 0 Å². The SMILES string of the molecule is CC1(C(=N)N)CCN(Cc2ccc(O)cc2)CC1. The lowest BCUT2D eigenvalue weighted by Gasteiger charge is -2.38. The van der Waals surface area contributed by atoms with Crippen molar-refractivity contribution in [3.63, 3.8) is 0 Å². The molecule has 0 bridgehead atoms. The topological polar surface area (TPSA) is 73.3 Å². The van der Waals surface area contributed by atoms with Crippen molar-refractivity contribution in [3.05, 3.63) is 29.8 Å². The predicted molar refractivity (Wildman–Crippen MR) is 72.6 cm³/mol. The Balaban J connectivity index is 1.91. The van der Waals surface area contributed by atoms with E-state index in [1.54, 1.807) is 12.1 Å². The highest BCUT2D eigenvalue weighted by Gasteiger charge is 2.32. The number of aromatic hydroxyl groups is 1. The molecule has 0 spiro atoms. The Morgan fingerprint density at radius 2 is 1.89 bits per heavy atom. The summed E-state index contributed by atoms with van der Waals surface area (Å²) in [5, 5.41) is 16.9. The van der Waals surface area contributed by atoms with Gasteiger partial charge in [0.1, 0.15) is 5.75 Å². The van der Waals surface area contributed by atoms with Gasteiger partial charge in [-0.25, -0.2) is 0 Å². The molecule has 2 rings (SSSR count). The molecule has 1 aromatic carbocycles. The van der Waals surface area contributed by atoms with Crippen LogP contribution in [0.25, 0.3) is 0 Å². The minimum Gasteiger partial charge on any atom is -0.508 e. The van der Waals surface area contributed by atoms with Crippen LogP contribution in [-0.4, -0.2) is 28.9 Å². The van der Waals surface area contributed by atoms with E-state index in [0.717, 1.165) is 32.5 Å². The average Bonchev–Trinajstić information content (AvgIpc) is 2.35. The van der Waals surface area contributed by atoms with Crippen LogP contribution in [-0.2, 0) is 6.54 Å². The Bertz CT molecular complexity index is 419. The van der Waals surface area contributed by atoms with E-state index in [9.17, 15) is 5.11 Å². The van der Waals surface area contributed by atoms with E-state index >= 15 is 0 Å². The third-order valence-corrected chi connectivity index (χ3v) is 3.95. The molecule has 1 aliphatic rings. The summed E-state index contributed by atoms with van der Waals surface area (Å²) in [5.41, 5.74) is 6.74. The molecule has 1 saturated heterocycles. The summed E-state index contributed by atoms with van der Waals surface area (Å²) in [6.07, 6.45) is 1.89. The van der Waals surface area contributed by atoms with Crippen LogP contribution in [0.15, 0.2) is 24.3 Å². The summed E-state index contributed by atoms with van der Waals surface area (Å²) >= 11 is 0. The van der Waals surface area contributed by atoms with Crippen molar-refractivity contribution < 1.29 is 5.11 Å². The second-order valence-electron chi connectivity index (χ2n) is 5.42. The number of hydrogen-bond donors (Lipinski definition) is 3. The molecule has 0 radical (unpaired) electrons. The molecule has 4 heteroatoms. The van der Waals surface area contributed by atoms with Crippen molar-refractivity contribution in [1.82, 2.24) is 4.90 Å². The normalized spacial score (nSPS) is 19.6. The smallest absolute Gasteiger partial charge is 0.115 e. The average molecular weight is 247 g/mol. The van der Waals surface area contributed by atoms with E-state index in [2.05, 4.69) is 11.8 Å². The van der Waals surface area contributed by atoms with Crippen molar-refractivity contribution in [2.24, 2.45) is 11.1 Å². The fourth-order valence-corrected chi connectivity index (χ4v) is 2.33. The molecule has 0 unspecified atom stereocenters. The number of rotatable bonds is 3. The number of hydrogen-bond acceptors (Lipinski definition) is 3. The zero-order valence-corrected chi connectivity index (χ0v) is 10.8. The predicted octanol–water partition coefficient (Wildman–Crippen LogP) is 1.93. The van der Waals surface area contributed by atoms with Crippen LogP contribution < -0.4 is 5.73 Å². The largest absolute Gasteiger partial charge is 0.508 e. The number of piperidine rings is 1. The van der Waals surface area contributed by atoms with Crippen molar-refractivity contribution in [1.29, 1.82) is 5.41 Å². The zero-order chi connectivity index (χ0) is 13.2. The van der Waals surface area contributed by atoms with Gasteiger partial charge >= 0.3 is 0 Å². The molecular formula is C14H21N3O. The maximum absolute atomic E-state index is 9.24. The van der Waals surface area contributed by atoms with Gasteiger partial charge in [0.25, 0.3) is 0 Å². The number of nitrogens with one attached hydrogen (secondary N) is 1. The summed E-state index contributed by atoms with van der Waals surface area (Å²) in [4.78, 5) is 2.37. The first kappa shape index (κ1) is 12.9. The fraction of sp³-hybridized carbons (Fsp3) is 0.500. The van der Waals surface area contributed by atoms with E-state index in [-0.39, 0.29) is 5.41 Å². The molecular weight excluding hydrogens is 226 g/mol. The van der Waals surface area contributed by atoms with Gasteiger partial charge in [0, 0.05) is 12.0 Å². The molecule has 1 heterocycles. The van der Waals surface area contributed by atoms with Gasteiger partial charge in [0.05, 0.1) is 5.84 Å². The second-order valence-corrected chi connectivity index (χ2v) is 5.42. The van der Waals surface area contributed by atoms with Gasteiger partial charge in [0.2, 0.25) is 0 Å². The molecule has 0 aromatic heterocycles. The Hall–Kier alpha value is -1.55. The highest BCUT2D eigenvalue weighted by molar-refractivity contribution is 5.83. The van der Waals surface area contributed by atoms with Crippen LogP contribution in [0.5, 0.6) is 5.75 Å². The Labute approximate surface area is 108 Å². The number of amidine groups is 1. The number of nitrogens with two attached hydrogens (primary N) is 1. The van der Waals surface area contributed by atoms with Gasteiger partial charge in [-0.2, -0.15) is 0 Å². The highest BCUT2D eigenvalue weighted by Crippen LogP contribution is 2.31. The molecule has 0 atom stereocenters. The monoisotopic (exact) mass is 247 g/mol. The molecule has 4 N–H and O–H groups in total. The first-order chi connectivity index (χ1) is 8.49. The quantitative estimate of drug-likeness (QED) is 0.564. The minimum atomic E-state index is -0.120. The van der Waals surface area contributed by atoms with E-state index in [0.29, 0.717) is 11.6 Å². The van der Waals surface area contributed by atoms with Crippen LogP contribution in [0.1, 0.15) is 25.3 Å². The maximum Gasteiger partial charge on any atom is 0.115 e. The number of likely N-dealkylation sites (tertiary alicyclic amines) is 1. The summed E-state index contributed by atoms with van der Waals surface area (Å²) in [7, 11) is 0. The fourth-order valence-electron chi connectivity index (χ4n) is 2.33. The maximum atomic E-state index is 9.24. The van der Waals surface area contributed by atoms with E-state index in [1.165, 1.54) is 5.56 Å². The number of phenolic OH excluding ortho intramolecular Hbond substituents is 1. The molecule has 0 amide bonds. The van der Waals surface area contributed by atoms with Crippen molar-refractivity contribution in [2.75, 3.05) is 13.1 Å². The lowest BCUT2D eigenvalue weighted by molar-refractivity contribution is 0.156. The van der Waals surface area contributed by atoms with E-state index in [4.69, 9.17) is 11.1 Å². The molecule has 1 fully saturated rings. The highest BCUT2D eigenvalue weighted by atomic mass is 16.3. The van der Waals surface area contributed by atoms with Crippen LogP contribution in [0.3, 0.4) is 0 Å². The first-order valence-electron chi connectivity index (χ1n) is 6.34. The standard InChI is InChI=1S/C14H21N3O/c1-14(13(15)16)6-8-17(9-7-14)10-11-2-4-12(18)5-3-11/h2-5,18H,6-10H2,1H3,(H3,15,16). The van der Waals surface area contributed by atoms with Crippen molar-refractivity contribution >= 4 is 5.84 Å². The van der Waals surface area contributed by atoms with Crippen molar-refractivity contribution in [2.45, 2.75) is 26.3 Å². The van der Waals surface area contributed by atoms with Gasteiger partial charge in [-0.15, -0.1) is 0 Å². The minimum absolute atomic E-state index is 0.120. The molecule has 1 aromatic rings. The first-order valence-corrected chi connectivity index (χ1v) is 6.34. The summed E-state index contributed by atoms with van der Waals surface area (Å²) in [6, 6.07) is 7.35. The molecule has 98 valence electrons. The Morgan fingerprint density at radius 3 is 2.39 bits per heavy atom. The molecule has 4 nitrogen and oxygen atoms in total. The summed E-state index contributed by atoms with van der Waals surface area (Å²) < 4.78 is 0. The van der Waals surface area contributed by atoms with E-state index in [1.807, 2.05) is 12.1 Å². The number of phenols is 1. The molecule has 0 saturated carbocycles. The lowest BCUT2D eigenvalue weighted by Crippen LogP contribution is -2.44. The summed E-state index contributed by atoms with van der Waals surface area (Å²) in [6.45, 7) is 4.91. The third kappa shape index (κ3) is 2.82. The Kier molecular flexibility index (Phi) is 3.57. The number of benzene rings is 1. The van der Waals surface area contributed by atoms with Gasteiger partial charge in [-0.1, -0.05) is 19.1 Å². The van der Waals surface area contributed by atoms with Gasteiger partial charge < -0.3 is 10.8 Å².